The van der Waals surface area contributed by atoms with Crippen LogP contribution in [-0.4, -0.2) is 11.1 Å². The third-order valence-corrected chi connectivity index (χ3v) is 4.04. The van der Waals surface area contributed by atoms with E-state index in [0.717, 1.165) is 18.4 Å². The molecule has 0 amide bonds. The average Bonchev–Trinajstić information content (AvgIpc) is 3.10. The molecule has 1 aliphatic rings. The van der Waals surface area contributed by atoms with Crippen molar-refractivity contribution in [2.24, 2.45) is 11.8 Å². The van der Waals surface area contributed by atoms with E-state index in [-0.39, 0.29) is 0 Å². The number of hydrogen-bond acceptors (Lipinski definition) is 1. The van der Waals surface area contributed by atoms with Gasteiger partial charge in [-0.2, -0.15) is 0 Å². The molecule has 2 nitrogen and oxygen atoms in total. The molecule has 0 radical (unpaired) electrons. The molecule has 19 heavy (non-hydrogen) atoms. The second-order valence-electron chi connectivity index (χ2n) is 6.49. The van der Waals surface area contributed by atoms with Crippen LogP contribution < -0.4 is 5.32 Å². The van der Waals surface area contributed by atoms with Gasteiger partial charge in [-0.15, -0.1) is 0 Å². The van der Waals surface area contributed by atoms with E-state index in [0.29, 0.717) is 6.04 Å². The van der Waals surface area contributed by atoms with Crippen LogP contribution in [0.1, 0.15) is 64.5 Å². The van der Waals surface area contributed by atoms with Crippen molar-refractivity contribution in [1.82, 2.24) is 9.88 Å². The number of hydrogen-bond donors (Lipinski definition) is 1. The molecule has 1 aromatic heterocycles. The van der Waals surface area contributed by atoms with Crippen molar-refractivity contribution in [2.45, 2.75) is 65.5 Å². The van der Waals surface area contributed by atoms with Crippen LogP contribution in [-0.2, 0) is 6.54 Å². The lowest BCUT2D eigenvalue weighted by Crippen LogP contribution is -2.23. The summed E-state index contributed by atoms with van der Waals surface area (Å²) < 4.78 is 2.38. The zero-order valence-electron chi connectivity index (χ0n) is 12.9. The summed E-state index contributed by atoms with van der Waals surface area (Å²) in [5, 5.41) is 3.72. The van der Waals surface area contributed by atoms with Gasteiger partial charge in [-0.25, -0.2) is 0 Å². The molecule has 1 aliphatic carbocycles. The number of nitrogens with one attached hydrogen (secondary N) is 1. The second-order valence-corrected chi connectivity index (χ2v) is 6.49. The third kappa shape index (κ3) is 4.68. The van der Waals surface area contributed by atoms with Crippen molar-refractivity contribution < 1.29 is 0 Å². The molecule has 1 fully saturated rings. The molecule has 108 valence electrons. The summed E-state index contributed by atoms with van der Waals surface area (Å²) >= 11 is 0. The van der Waals surface area contributed by atoms with Gasteiger partial charge in [0.05, 0.1) is 0 Å². The van der Waals surface area contributed by atoms with Crippen molar-refractivity contribution >= 4 is 0 Å². The van der Waals surface area contributed by atoms with E-state index in [1.165, 1.54) is 44.2 Å². The fourth-order valence-electron chi connectivity index (χ4n) is 2.75. The smallest absolute Gasteiger partial charge is 0.0363 e. The summed E-state index contributed by atoms with van der Waals surface area (Å²) in [4.78, 5) is 0. The first-order valence-electron chi connectivity index (χ1n) is 8.09. The first-order chi connectivity index (χ1) is 9.20. The predicted molar refractivity (Wildman–Crippen MR) is 82.3 cm³/mol. The highest BCUT2D eigenvalue weighted by Gasteiger charge is 2.32. The van der Waals surface area contributed by atoms with E-state index < -0.39 is 0 Å². The molecule has 2 rings (SSSR count). The minimum atomic E-state index is 0.603. The number of aromatic nitrogens is 1. The van der Waals surface area contributed by atoms with Crippen LogP contribution in [0, 0.1) is 11.8 Å². The Labute approximate surface area is 118 Å². The molecule has 0 bridgehead atoms. The Morgan fingerprint density at radius 1 is 1.37 bits per heavy atom. The van der Waals surface area contributed by atoms with Crippen LogP contribution in [0.4, 0.5) is 0 Å². The molecule has 1 N–H and O–H groups in total. The number of rotatable bonds is 9. The van der Waals surface area contributed by atoms with Crippen LogP contribution in [0.25, 0.3) is 0 Å². The Morgan fingerprint density at radius 3 is 2.79 bits per heavy atom. The average molecular weight is 262 g/mol. The molecule has 0 spiro atoms. The molecule has 0 saturated heterocycles. The standard InChI is InChI=1S/C17H30N2/c1-4-10-18-17(15-7-8-15)16-9-12-19(13-16)11-5-6-14(2)3/h9,12-15,17-18H,4-8,10-11H2,1-3H3. The van der Waals surface area contributed by atoms with Crippen LogP contribution >= 0.6 is 0 Å². The molecule has 0 aromatic carbocycles. The molecule has 0 aliphatic heterocycles. The van der Waals surface area contributed by atoms with Gasteiger partial charge < -0.3 is 9.88 Å². The maximum Gasteiger partial charge on any atom is 0.0363 e. The van der Waals surface area contributed by atoms with Crippen LogP contribution in [0.15, 0.2) is 18.5 Å². The minimum Gasteiger partial charge on any atom is -0.354 e. The summed E-state index contributed by atoms with van der Waals surface area (Å²) in [5.41, 5.74) is 1.50. The van der Waals surface area contributed by atoms with E-state index in [4.69, 9.17) is 0 Å². The maximum absolute atomic E-state index is 3.72. The van der Waals surface area contributed by atoms with Crippen molar-refractivity contribution in [3.8, 4) is 0 Å². The maximum atomic E-state index is 3.72. The van der Waals surface area contributed by atoms with Gasteiger partial charge in [-0.1, -0.05) is 20.8 Å². The molecule has 1 atom stereocenters. The van der Waals surface area contributed by atoms with Gasteiger partial charge in [-0.3, -0.25) is 0 Å². The van der Waals surface area contributed by atoms with E-state index in [1.54, 1.807) is 0 Å². The normalized spacial score (nSPS) is 17.1. The lowest BCUT2D eigenvalue weighted by Gasteiger charge is -2.16. The van der Waals surface area contributed by atoms with Crippen molar-refractivity contribution in [1.29, 1.82) is 0 Å². The second kappa shape index (κ2) is 7.14. The van der Waals surface area contributed by atoms with E-state index in [9.17, 15) is 0 Å². The Bertz CT molecular complexity index is 363. The van der Waals surface area contributed by atoms with Crippen molar-refractivity contribution in [3.05, 3.63) is 24.0 Å². The van der Waals surface area contributed by atoms with Crippen molar-refractivity contribution in [3.63, 3.8) is 0 Å². The molecule has 1 aromatic rings. The van der Waals surface area contributed by atoms with Gasteiger partial charge in [0.25, 0.3) is 0 Å². The zero-order valence-corrected chi connectivity index (χ0v) is 12.9. The molecule has 1 heterocycles. The van der Waals surface area contributed by atoms with Crippen LogP contribution in [0.2, 0.25) is 0 Å². The molecular formula is C17H30N2. The van der Waals surface area contributed by atoms with Gasteiger partial charge in [0.15, 0.2) is 0 Å². The van der Waals surface area contributed by atoms with Crippen LogP contribution in [0.3, 0.4) is 0 Å². The first kappa shape index (κ1) is 14.6. The largest absolute Gasteiger partial charge is 0.354 e. The van der Waals surface area contributed by atoms with Gasteiger partial charge in [0, 0.05) is 25.0 Å². The summed E-state index contributed by atoms with van der Waals surface area (Å²) in [5.74, 6) is 1.71. The lowest BCUT2D eigenvalue weighted by molar-refractivity contribution is 0.478. The SMILES string of the molecule is CCCNC(c1ccn(CCCC(C)C)c1)C1CC1. The summed E-state index contributed by atoms with van der Waals surface area (Å²) in [6.45, 7) is 9.16. The fraction of sp³-hybridized carbons (Fsp3) is 0.765. The zero-order chi connectivity index (χ0) is 13.7. The number of nitrogens with zero attached hydrogens (tertiary/aromatic N) is 1. The predicted octanol–water partition coefficient (Wildman–Crippen LogP) is 4.38. The summed E-state index contributed by atoms with van der Waals surface area (Å²) in [6.07, 6.45) is 11.3. The van der Waals surface area contributed by atoms with E-state index in [1.807, 2.05) is 0 Å². The van der Waals surface area contributed by atoms with Gasteiger partial charge in [0.2, 0.25) is 0 Å². The quantitative estimate of drug-likeness (QED) is 0.699. The molecule has 1 saturated carbocycles. The van der Waals surface area contributed by atoms with Gasteiger partial charge >= 0.3 is 0 Å². The number of aryl methyl sites for hydroxylation is 1. The highest BCUT2D eigenvalue weighted by atomic mass is 15.0. The van der Waals surface area contributed by atoms with Gasteiger partial charge in [-0.05, 0) is 62.1 Å². The first-order valence-corrected chi connectivity index (χ1v) is 8.09. The monoisotopic (exact) mass is 262 g/mol. The Kier molecular flexibility index (Phi) is 5.50. The Balaban J connectivity index is 1.86. The minimum absolute atomic E-state index is 0.603. The fourth-order valence-corrected chi connectivity index (χ4v) is 2.75. The molecule has 1 unspecified atom stereocenters. The van der Waals surface area contributed by atoms with Crippen molar-refractivity contribution in [2.75, 3.05) is 6.54 Å². The summed E-state index contributed by atoms with van der Waals surface area (Å²) in [6, 6.07) is 2.92. The third-order valence-electron chi connectivity index (χ3n) is 4.04. The topological polar surface area (TPSA) is 17.0 Å². The molecular weight excluding hydrogens is 232 g/mol. The van der Waals surface area contributed by atoms with Gasteiger partial charge in [0.1, 0.15) is 0 Å². The summed E-state index contributed by atoms with van der Waals surface area (Å²) in [7, 11) is 0. The van der Waals surface area contributed by atoms with E-state index in [2.05, 4.69) is 49.1 Å². The Morgan fingerprint density at radius 2 is 2.16 bits per heavy atom. The van der Waals surface area contributed by atoms with E-state index >= 15 is 0 Å². The highest BCUT2D eigenvalue weighted by molar-refractivity contribution is 5.18. The molecule has 2 heteroatoms. The Hall–Kier alpha value is -0.760. The van der Waals surface area contributed by atoms with Crippen LogP contribution in [0.5, 0.6) is 0 Å². The highest BCUT2D eigenvalue weighted by Crippen LogP contribution is 2.41. The lowest BCUT2D eigenvalue weighted by atomic mass is 10.1.